The average Bonchev–Trinajstić information content (AvgIpc) is 3.12. The number of sulfonamides is 1. The summed E-state index contributed by atoms with van der Waals surface area (Å²) < 4.78 is 34.3. The van der Waals surface area contributed by atoms with Gasteiger partial charge in [-0.05, 0) is 24.3 Å². The minimum atomic E-state index is -3.79. The number of pyridine rings is 1. The summed E-state index contributed by atoms with van der Waals surface area (Å²) in [4.78, 5) is 4.29. The summed E-state index contributed by atoms with van der Waals surface area (Å²) in [5.74, 6) is 0.411. The highest BCUT2D eigenvalue weighted by atomic mass is 32.2. The van der Waals surface area contributed by atoms with E-state index in [0.29, 0.717) is 24.7 Å². The maximum Gasteiger partial charge on any atom is 0.265 e. The first-order valence-electron chi connectivity index (χ1n) is 7.90. The zero-order chi connectivity index (χ0) is 18.4. The van der Waals surface area contributed by atoms with E-state index in [2.05, 4.69) is 20.1 Å². The summed E-state index contributed by atoms with van der Waals surface area (Å²) in [5, 5.41) is 7.14. The van der Waals surface area contributed by atoms with E-state index in [4.69, 9.17) is 4.74 Å². The Balaban J connectivity index is 1.80. The Bertz CT molecular complexity index is 957. The SMILES string of the molecule is COCCn1cc(S(=O)(=O)Nc2cccnc2Nc2ccccc2)cn1. The molecule has 0 aliphatic rings. The highest BCUT2D eigenvalue weighted by Crippen LogP contribution is 2.25. The molecule has 0 fully saturated rings. The summed E-state index contributed by atoms with van der Waals surface area (Å²) in [6.45, 7) is 0.919. The molecular weight excluding hydrogens is 354 g/mol. The van der Waals surface area contributed by atoms with Gasteiger partial charge in [-0.25, -0.2) is 13.4 Å². The molecule has 26 heavy (non-hydrogen) atoms. The van der Waals surface area contributed by atoms with Crippen molar-refractivity contribution in [3.8, 4) is 0 Å². The van der Waals surface area contributed by atoms with Gasteiger partial charge in [-0.1, -0.05) is 18.2 Å². The first-order valence-corrected chi connectivity index (χ1v) is 9.38. The third-order valence-electron chi connectivity index (χ3n) is 3.53. The number of rotatable bonds is 8. The third-order valence-corrected chi connectivity index (χ3v) is 4.85. The normalized spacial score (nSPS) is 11.3. The molecule has 0 saturated carbocycles. The van der Waals surface area contributed by atoms with Gasteiger partial charge in [-0.3, -0.25) is 9.40 Å². The first kappa shape index (κ1) is 17.9. The Labute approximate surface area is 151 Å². The van der Waals surface area contributed by atoms with Crippen molar-refractivity contribution in [1.29, 1.82) is 0 Å². The smallest absolute Gasteiger partial charge is 0.265 e. The summed E-state index contributed by atoms with van der Waals surface area (Å²) in [5.41, 5.74) is 1.15. The van der Waals surface area contributed by atoms with Gasteiger partial charge >= 0.3 is 0 Å². The molecule has 0 spiro atoms. The van der Waals surface area contributed by atoms with Crippen LogP contribution in [0.3, 0.4) is 0 Å². The molecule has 2 aromatic heterocycles. The van der Waals surface area contributed by atoms with Gasteiger partial charge in [0.1, 0.15) is 4.90 Å². The molecule has 0 aliphatic carbocycles. The lowest BCUT2D eigenvalue weighted by Crippen LogP contribution is -2.14. The van der Waals surface area contributed by atoms with E-state index in [0.717, 1.165) is 5.69 Å². The van der Waals surface area contributed by atoms with Crippen molar-refractivity contribution in [2.75, 3.05) is 23.8 Å². The van der Waals surface area contributed by atoms with Crippen LogP contribution >= 0.6 is 0 Å². The molecule has 2 N–H and O–H groups in total. The van der Waals surface area contributed by atoms with Crippen LogP contribution in [0.1, 0.15) is 0 Å². The molecule has 3 aromatic rings. The van der Waals surface area contributed by atoms with Crippen LogP contribution in [0.4, 0.5) is 17.2 Å². The number of ether oxygens (including phenoxy) is 1. The van der Waals surface area contributed by atoms with Crippen LogP contribution in [-0.2, 0) is 21.3 Å². The largest absolute Gasteiger partial charge is 0.383 e. The maximum absolute atomic E-state index is 12.6. The number of aromatic nitrogens is 3. The Kier molecular flexibility index (Phi) is 5.49. The quantitative estimate of drug-likeness (QED) is 0.629. The molecule has 0 atom stereocenters. The van der Waals surface area contributed by atoms with Crippen LogP contribution in [0.2, 0.25) is 0 Å². The fourth-order valence-electron chi connectivity index (χ4n) is 2.24. The van der Waals surface area contributed by atoms with Gasteiger partial charge in [0.2, 0.25) is 0 Å². The predicted octanol–water partition coefficient (Wildman–Crippen LogP) is 2.47. The van der Waals surface area contributed by atoms with Crippen LogP contribution in [-0.4, -0.2) is 36.9 Å². The number of methoxy groups -OCH3 is 1. The maximum atomic E-state index is 12.6. The number of nitrogens with one attached hydrogen (secondary N) is 2. The minimum Gasteiger partial charge on any atom is -0.383 e. The fourth-order valence-corrected chi connectivity index (χ4v) is 3.26. The second kappa shape index (κ2) is 7.98. The molecule has 8 nitrogen and oxygen atoms in total. The Hall–Kier alpha value is -2.91. The van der Waals surface area contributed by atoms with Crippen molar-refractivity contribution in [2.24, 2.45) is 0 Å². The number of hydrogen-bond donors (Lipinski definition) is 2. The molecule has 2 heterocycles. The Morgan fingerprint density at radius 1 is 1.15 bits per heavy atom. The van der Waals surface area contributed by atoms with Crippen LogP contribution in [0.15, 0.2) is 66.0 Å². The van der Waals surface area contributed by atoms with Gasteiger partial charge in [-0.2, -0.15) is 5.10 Å². The van der Waals surface area contributed by atoms with Crippen LogP contribution < -0.4 is 10.0 Å². The van der Waals surface area contributed by atoms with Crippen molar-refractivity contribution >= 4 is 27.2 Å². The van der Waals surface area contributed by atoms with Crippen LogP contribution in [0.25, 0.3) is 0 Å². The van der Waals surface area contributed by atoms with Crippen molar-refractivity contribution in [2.45, 2.75) is 11.4 Å². The topological polar surface area (TPSA) is 98.1 Å². The highest BCUT2D eigenvalue weighted by molar-refractivity contribution is 7.92. The second-order valence-electron chi connectivity index (χ2n) is 5.43. The van der Waals surface area contributed by atoms with Crippen LogP contribution in [0, 0.1) is 0 Å². The molecular formula is C17H19N5O3S. The average molecular weight is 373 g/mol. The fraction of sp³-hybridized carbons (Fsp3) is 0.176. The Morgan fingerprint density at radius 3 is 2.73 bits per heavy atom. The van der Waals surface area contributed by atoms with Gasteiger partial charge in [-0.15, -0.1) is 0 Å². The first-order chi connectivity index (χ1) is 12.6. The predicted molar refractivity (Wildman–Crippen MR) is 98.9 cm³/mol. The van der Waals surface area contributed by atoms with E-state index in [1.807, 2.05) is 30.3 Å². The van der Waals surface area contributed by atoms with E-state index in [-0.39, 0.29) is 4.90 Å². The summed E-state index contributed by atoms with van der Waals surface area (Å²) >= 11 is 0. The molecule has 0 saturated heterocycles. The van der Waals surface area contributed by atoms with Gasteiger partial charge in [0.25, 0.3) is 10.0 Å². The molecule has 136 valence electrons. The van der Waals surface area contributed by atoms with Gasteiger partial charge in [0.05, 0.1) is 25.0 Å². The molecule has 1 aromatic carbocycles. The molecule has 0 unspecified atom stereocenters. The lowest BCUT2D eigenvalue weighted by molar-refractivity contribution is 0.183. The molecule has 0 amide bonds. The van der Waals surface area contributed by atoms with Crippen LogP contribution in [0.5, 0.6) is 0 Å². The van der Waals surface area contributed by atoms with Gasteiger partial charge in [0.15, 0.2) is 5.82 Å². The molecule has 9 heteroatoms. The standard InChI is InChI=1S/C17H19N5O3S/c1-25-11-10-22-13-15(12-19-22)26(23,24)21-16-8-5-9-18-17(16)20-14-6-3-2-4-7-14/h2-9,12-13,21H,10-11H2,1H3,(H,18,20). The molecule has 3 rings (SSSR count). The zero-order valence-electron chi connectivity index (χ0n) is 14.2. The van der Waals surface area contributed by atoms with Crippen molar-refractivity contribution in [1.82, 2.24) is 14.8 Å². The number of nitrogens with zero attached hydrogens (tertiary/aromatic N) is 3. The highest BCUT2D eigenvalue weighted by Gasteiger charge is 2.18. The van der Waals surface area contributed by atoms with E-state index in [9.17, 15) is 8.42 Å². The number of hydrogen-bond acceptors (Lipinski definition) is 6. The van der Waals surface area contributed by atoms with E-state index < -0.39 is 10.0 Å². The van der Waals surface area contributed by atoms with Gasteiger partial charge in [0, 0.05) is 25.2 Å². The summed E-state index contributed by atoms with van der Waals surface area (Å²) in [7, 11) is -2.21. The Morgan fingerprint density at radius 2 is 1.96 bits per heavy atom. The van der Waals surface area contributed by atoms with Crippen molar-refractivity contribution < 1.29 is 13.2 Å². The summed E-state index contributed by atoms with van der Waals surface area (Å²) in [6, 6.07) is 12.7. The van der Waals surface area contributed by atoms with E-state index in [1.54, 1.807) is 25.4 Å². The third kappa shape index (κ3) is 4.38. The van der Waals surface area contributed by atoms with E-state index in [1.165, 1.54) is 17.1 Å². The zero-order valence-corrected chi connectivity index (χ0v) is 15.0. The minimum absolute atomic E-state index is 0.0723. The summed E-state index contributed by atoms with van der Waals surface area (Å²) in [6.07, 6.45) is 4.35. The lowest BCUT2D eigenvalue weighted by atomic mass is 10.3. The van der Waals surface area contributed by atoms with Gasteiger partial charge < -0.3 is 10.1 Å². The molecule has 0 radical (unpaired) electrons. The van der Waals surface area contributed by atoms with Crippen molar-refractivity contribution in [3.63, 3.8) is 0 Å². The van der Waals surface area contributed by atoms with Crippen molar-refractivity contribution in [3.05, 3.63) is 61.1 Å². The molecule has 0 bridgehead atoms. The number of benzene rings is 1. The monoisotopic (exact) mass is 373 g/mol. The number of para-hydroxylation sites is 1. The lowest BCUT2D eigenvalue weighted by Gasteiger charge is -2.12. The molecule has 0 aliphatic heterocycles. The van der Waals surface area contributed by atoms with E-state index >= 15 is 0 Å². The second-order valence-corrected chi connectivity index (χ2v) is 7.11. The number of anilines is 3.